The molecule has 1 fully saturated rings. The van der Waals surface area contributed by atoms with Crippen molar-refractivity contribution in [3.05, 3.63) is 47.4 Å². The molecular formula is C20H28N4O3S. The highest BCUT2D eigenvalue weighted by Gasteiger charge is 2.30. The number of amides is 1. The number of aromatic nitrogens is 2. The van der Waals surface area contributed by atoms with Crippen LogP contribution in [-0.4, -0.2) is 59.3 Å². The first kappa shape index (κ1) is 20.5. The number of benzene rings is 1. The quantitative estimate of drug-likeness (QED) is 0.763. The van der Waals surface area contributed by atoms with E-state index in [0.29, 0.717) is 51.3 Å². The predicted octanol–water partition coefficient (Wildman–Crippen LogP) is 1.89. The van der Waals surface area contributed by atoms with E-state index >= 15 is 0 Å². The van der Waals surface area contributed by atoms with Crippen LogP contribution < -0.4 is 0 Å². The van der Waals surface area contributed by atoms with E-state index in [2.05, 4.69) is 11.1 Å². The number of rotatable bonds is 5. The van der Waals surface area contributed by atoms with Gasteiger partial charge in [0, 0.05) is 45.8 Å². The van der Waals surface area contributed by atoms with Crippen LogP contribution in [0.4, 0.5) is 0 Å². The lowest BCUT2D eigenvalue weighted by Crippen LogP contribution is -2.37. The lowest BCUT2D eigenvalue weighted by atomic mass is 10.1. The molecule has 28 heavy (non-hydrogen) atoms. The second kappa shape index (κ2) is 8.45. The van der Waals surface area contributed by atoms with Gasteiger partial charge in [-0.2, -0.15) is 4.31 Å². The van der Waals surface area contributed by atoms with Gasteiger partial charge in [0.1, 0.15) is 5.82 Å². The average molecular weight is 405 g/mol. The molecule has 2 heterocycles. The Hall–Kier alpha value is -2.19. The Kier molecular flexibility index (Phi) is 6.20. The number of sulfonamides is 1. The van der Waals surface area contributed by atoms with Crippen molar-refractivity contribution in [3.63, 3.8) is 0 Å². The summed E-state index contributed by atoms with van der Waals surface area (Å²) >= 11 is 0. The summed E-state index contributed by atoms with van der Waals surface area (Å²) in [6.07, 6.45) is 3.31. The van der Waals surface area contributed by atoms with Crippen molar-refractivity contribution in [2.75, 3.05) is 26.2 Å². The fourth-order valence-electron chi connectivity index (χ4n) is 3.44. The van der Waals surface area contributed by atoms with Gasteiger partial charge < -0.3 is 9.47 Å². The van der Waals surface area contributed by atoms with Gasteiger partial charge in [0.15, 0.2) is 5.03 Å². The minimum absolute atomic E-state index is 0.0757. The highest BCUT2D eigenvalue weighted by atomic mass is 32.2. The Morgan fingerprint density at radius 3 is 2.61 bits per heavy atom. The topological polar surface area (TPSA) is 75.5 Å². The highest BCUT2D eigenvalue weighted by Crippen LogP contribution is 2.18. The molecule has 3 rings (SSSR count). The summed E-state index contributed by atoms with van der Waals surface area (Å²) in [6.45, 7) is 5.51. The summed E-state index contributed by atoms with van der Waals surface area (Å²) < 4.78 is 28.9. The summed E-state index contributed by atoms with van der Waals surface area (Å²) in [6, 6.07) is 8.17. The molecule has 1 amide bonds. The van der Waals surface area contributed by atoms with Gasteiger partial charge in [-0.05, 0) is 32.3 Å². The molecule has 1 aromatic carbocycles. The van der Waals surface area contributed by atoms with Gasteiger partial charge in [-0.25, -0.2) is 13.4 Å². The van der Waals surface area contributed by atoms with E-state index < -0.39 is 10.0 Å². The standard InChI is InChI=1S/C20H28N4O3S/c1-16-6-4-7-18(14-16)8-9-20(25)23-10-5-11-24(13-12-23)28(26,27)19-15-22(3)17(2)21-19/h4,6-7,14-15H,5,8-13H2,1-3H3. The van der Waals surface area contributed by atoms with Crippen molar-refractivity contribution in [1.82, 2.24) is 18.8 Å². The van der Waals surface area contributed by atoms with Crippen LogP contribution in [0.5, 0.6) is 0 Å². The molecule has 1 aliphatic rings. The number of aryl methyl sites for hydroxylation is 4. The van der Waals surface area contributed by atoms with Crippen molar-refractivity contribution >= 4 is 15.9 Å². The molecule has 1 aromatic heterocycles. The molecule has 7 nitrogen and oxygen atoms in total. The maximum Gasteiger partial charge on any atom is 0.262 e. The molecule has 1 aliphatic heterocycles. The number of imidazole rings is 1. The second-order valence-electron chi connectivity index (χ2n) is 7.36. The van der Waals surface area contributed by atoms with Crippen molar-refractivity contribution in [2.24, 2.45) is 7.05 Å². The van der Waals surface area contributed by atoms with Gasteiger partial charge in [-0.3, -0.25) is 4.79 Å². The van der Waals surface area contributed by atoms with Crippen molar-refractivity contribution in [2.45, 2.75) is 38.1 Å². The molecule has 0 radical (unpaired) electrons. The van der Waals surface area contributed by atoms with Gasteiger partial charge in [0.2, 0.25) is 5.91 Å². The zero-order valence-electron chi connectivity index (χ0n) is 16.8. The Labute approximate surface area is 167 Å². The summed E-state index contributed by atoms with van der Waals surface area (Å²) in [7, 11) is -1.86. The molecule has 2 aromatic rings. The van der Waals surface area contributed by atoms with E-state index in [9.17, 15) is 13.2 Å². The monoisotopic (exact) mass is 404 g/mol. The van der Waals surface area contributed by atoms with Gasteiger partial charge >= 0.3 is 0 Å². The van der Waals surface area contributed by atoms with Gasteiger partial charge in [-0.1, -0.05) is 29.8 Å². The molecule has 8 heteroatoms. The third-order valence-corrected chi connectivity index (χ3v) is 6.98. The molecule has 0 spiro atoms. The Morgan fingerprint density at radius 1 is 1.14 bits per heavy atom. The number of hydrogen-bond acceptors (Lipinski definition) is 4. The summed E-state index contributed by atoms with van der Waals surface area (Å²) in [4.78, 5) is 18.6. The lowest BCUT2D eigenvalue weighted by molar-refractivity contribution is -0.131. The van der Waals surface area contributed by atoms with Crippen LogP contribution in [0.2, 0.25) is 0 Å². The number of nitrogens with zero attached hydrogens (tertiary/aromatic N) is 4. The van der Waals surface area contributed by atoms with E-state index in [1.54, 1.807) is 29.6 Å². The van der Waals surface area contributed by atoms with Gasteiger partial charge in [-0.15, -0.1) is 0 Å². The van der Waals surface area contributed by atoms with Crippen LogP contribution in [-0.2, 0) is 28.3 Å². The van der Waals surface area contributed by atoms with Crippen LogP contribution in [0.15, 0.2) is 35.5 Å². The molecule has 0 unspecified atom stereocenters. The number of hydrogen-bond donors (Lipinski definition) is 0. The highest BCUT2D eigenvalue weighted by molar-refractivity contribution is 7.89. The van der Waals surface area contributed by atoms with Crippen molar-refractivity contribution in [3.8, 4) is 0 Å². The summed E-state index contributed by atoms with van der Waals surface area (Å²) in [5.74, 6) is 0.732. The third kappa shape index (κ3) is 4.62. The van der Waals surface area contributed by atoms with Crippen LogP contribution in [0.3, 0.4) is 0 Å². The fraction of sp³-hybridized carbons (Fsp3) is 0.500. The van der Waals surface area contributed by atoms with E-state index in [-0.39, 0.29) is 10.9 Å². The van der Waals surface area contributed by atoms with Gasteiger partial charge in [0.25, 0.3) is 10.0 Å². The summed E-state index contributed by atoms with van der Waals surface area (Å²) in [5.41, 5.74) is 2.34. The first-order valence-corrected chi connectivity index (χ1v) is 11.0. The first-order chi connectivity index (χ1) is 13.3. The lowest BCUT2D eigenvalue weighted by Gasteiger charge is -2.21. The van der Waals surface area contributed by atoms with E-state index in [4.69, 9.17) is 0 Å². The maximum absolute atomic E-state index is 12.9. The Morgan fingerprint density at radius 2 is 1.93 bits per heavy atom. The normalized spacial score (nSPS) is 16.2. The minimum atomic E-state index is -3.63. The smallest absolute Gasteiger partial charge is 0.262 e. The minimum Gasteiger partial charge on any atom is -0.341 e. The fourth-order valence-corrected chi connectivity index (χ4v) is 4.94. The van der Waals surface area contributed by atoms with E-state index in [0.717, 1.165) is 5.56 Å². The maximum atomic E-state index is 12.9. The van der Waals surface area contributed by atoms with Crippen LogP contribution in [0.25, 0.3) is 0 Å². The molecule has 0 N–H and O–H groups in total. The molecule has 0 saturated carbocycles. The largest absolute Gasteiger partial charge is 0.341 e. The van der Waals surface area contributed by atoms with Crippen LogP contribution in [0, 0.1) is 13.8 Å². The Bertz CT molecular complexity index is 933. The molecule has 0 aliphatic carbocycles. The molecule has 0 atom stereocenters. The number of carbonyl (C=O) groups excluding carboxylic acids is 1. The average Bonchev–Trinajstić information content (AvgIpc) is 2.86. The van der Waals surface area contributed by atoms with E-state index in [1.165, 1.54) is 9.87 Å². The van der Waals surface area contributed by atoms with Crippen LogP contribution in [0.1, 0.15) is 29.8 Å². The van der Waals surface area contributed by atoms with Crippen molar-refractivity contribution in [1.29, 1.82) is 0 Å². The van der Waals surface area contributed by atoms with Gasteiger partial charge in [0.05, 0.1) is 0 Å². The second-order valence-corrected chi connectivity index (χ2v) is 9.25. The first-order valence-electron chi connectivity index (χ1n) is 9.61. The molecule has 152 valence electrons. The van der Waals surface area contributed by atoms with E-state index in [1.807, 2.05) is 25.1 Å². The third-order valence-electron chi connectivity index (χ3n) is 5.21. The molecule has 0 bridgehead atoms. The number of carbonyl (C=O) groups is 1. The zero-order valence-corrected chi connectivity index (χ0v) is 17.6. The Balaban J connectivity index is 1.60. The predicted molar refractivity (Wildman–Crippen MR) is 107 cm³/mol. The summed E-state index contributed by atoms with van der Waals surface area (Å²) in [5, 5.41) is 0.0757. The molecule has 1 saturated heterocycles. The van der Waals surface area contributed by atoms with Crippen molar-refractivity contribution < 1.29 is 13.2 Å². The SMILES string of the molecule is Cc1cccc(CCC(=O)N2CCCN(S(=O)(=O)c3cn(C)c(C)n3)CC2)c1. The molecular weight excluding hydrogens is 376 g/mol. The zero-order chi connectivity index (χ0) is 20.3. The van der Waals surface area contributed by atoms with Crippen LogP contribution >= 0.6 is 0 Å².